The van der Waals surface area contributed by atoms with Crippen LogP contribution in [0.4, 0.5) is 13.2 Å². The molecule has 2 aliphatic rings. The van der Waals surface area contributed by atoms with E-state index in [0.29, 0.717) is 29.9 Å². The van der Waals surface area contributed by atoms with Crippen LogP contribution in [0.2, 0.25) is 0 Å². The minimum absolute atomic E-state index is 0.0318. The Hall–Kier alpha value is -4.42. The van der Waals surface area contributed by atoms with Crippen LogP contribution < -0.4 is 4.74 Å². The van der Waals surface area contributed by atoms with Gasteiger partial charge in [-0.05, 0) is 62.7 Å². The molecule has 2 fully saturated rings. The van der Waals surface area contributed by atoms with Gasteiger partial charge in [-0.3, -0.25) is 4.90 Å². The highest BCUT2D eigenvalue weighted by molar-refractivity contribution is 5.92. The molecule has 45 heavy (non-hydrogen) atoms. The smallest absolute Gasteiger partial charge is 0.420 e. The minimum atomic E-state index is -4.51. The third kappa shape index (κ3) is 5.99. The maximum Gasteiger partial charge on any atom is 0.420 e. The van der Waals surface area contributed by atoms with Crippen molar-refractivity contribution in [1.29, 1.82) is 0 Å². The van der Waals surface area contributed by atoms with Crippen LogP contribution in [0.1, 0.15) is 58.2 Å². The number of benzene rings is 2. The van der Waals surface area contributed by atoms with E-state index in [9.17, 15) is 23.1 Å². The summed E-state index contributed by atoms with van der Waals surface area (Å²) in [5.74, 6) is 0.563. The van der Waals surface area contributed by atoms with Crippen molar-refractivity contribution in [2.75, 3.05) is 19.7 Å². The predicted octanol–water partition coefficient (Wildman–Crippen LogP) is 6.64. The summed E-state index contributed by atoms with van der Waals surface area (Å²) in [7, 11) is 0. The summed E-state index contributed by atoms with van der Waals surface area (Å²) in [6.45, 7) is 3.73. The van der Waals surface area contributed by atoms with E-state index in [-0.39, 0.29) is 29.8 Å². The molecule has 7 rings (SSSR count). The van der Waals surface area contributed by atoms with Gasteiger partial charge in [0.25, 0.3) is 0 Å². The molecule has 0 bridgehead atoms. The molecule has 0 saturated carbocycles. The molecule has 0 spiro atoms. The number of alkyl halides is 3. The fourth-order valence-electron chi connectivity index (χ4n) is 6.18. The quantitative estimate of drug-likeness (QED) is 0.196. The summed E-state index contributed by atoms with van der Waals surface area (Å²) in [6.07, 6.45) is -0.358. The van der Waals surface area contributed by atoms with Gasteiger partial charge in [0.2, 0.25) is 5.88 Å². The SMILES string of the molecule is O=C(O)c1ccc2nc(CN3CCC(c4cccc(OCc5coc6c(C(F)(F)F)cccc56)n4)CC3)n(C[C@@H]3CCO3)c2c1. The number of carbonyl (C=O) groups is 1. The summed E-state index contributed by atoms with van der Waals surface area (Å²) >= 11 is 0. The number of likely N-dealkylation sites (tertiary alicyclic amines) is 1. The van der Waals surface area contributed by atoms with Gasteiger partial charge in [0, 0.05) is 35.2 Å². The highest BCUT2D eigenvalue weighted by Crippen LogP contribution is 2.37. The van der Waals surface area contributed by atoms with Crippen LogP contribution in [0.25, 0.3) is 22.0 Å². The number of hydrogen-bond donors (Lipinski definition) is 1. The van der Waals surface area contributed by atoms with Gasteiger partial charge in [0.05, 0.1) is 47.6 Å². The number of aromatic carboxylic acids is 1. The van der Waals surface area contributed by atoms with Gasteiger partial charge in [-0.25, -0.2) is 14.8 Å². The van der Waals surface area contributed by atoms with Crippen molar-refractivity contribution >= 4 is 28.0 Å². The molecule has 5 aromatic rings. The zero-order valence-corrected chi connectivity index (χ0v) is 24.3. The van der Waals surface area contributed by atoms with Crippen molar-refractivity contribution in [1.82, 2.24) is 19.4 Å². The van der Waals surface area contributed by atoms with Crippen LogP contribution in [-0.2, 0) is 30.6 Å². The Bertz CT molecular complexity index is 1850. The van der Waals surface area contributed by atoms with Crippen molar-refractivity contribution < 1.29 is 37.0 Å². The number of para-hydroxylation sites is 1. The van der Waals surface area contributed by atoms with Crippen LogP contribution in [-0.4, -0.2) is 56.3 Å². The van der Waals surface area contributed by atoms with E-state index in [2.05, 4.69) is 9.47 Å². The lowest BCUT2D eigenvalue weighted by Gasteiger charge is -2.32. The van der Waals surface area contributed by atoms with Gasteiger partial charge in [0.1, 0.15) is 18.0 Å². The minimum Gasteiger partial charge on any atom is -0.478 e. The zero-order chi connectivity index (χ0) is 31.1. The standard InChI is InChI=1S/C33H31F3N4O5/c34-33(35,36)25-4-1-3-24-22(19-45-31(24)25)18-44-30-6-2-5-26(38-30)20-9-12-39(13-10-20)17-29-37-27-8-7-21(32(41)42)15-28(27)40(29)16-23-11-14-43-23/h1-8,15,19-20,23H,9-14,16-18H2,(H,41,42)/t23-/m0/s1. The molecule has 0 unspecified atom stereocenters. The first-order valence-electron chi connectivity index (χ1n) is 15.0. The Morgan fingerprint density at radius 2 is 1.84 bits per heavy atom. The number of furan rings is 1. The molecular formula is C33H31F3N4O5. The molecule has 0 aliphatic carbocycles. The van der Waals surface area contributed by atoms with Crippen LogP contribution in [0.15, 0.2) is 65.3 Å². The van der Waals surface area contributed by atoms with Crippen LogP contribution >= 0.6 is 0 Å². The average Bonchev–Trinajstić information content (AvgIpc) is 3.58. The predicted molar refractivity (Wildman–Crippen MR) is 158 cm³/mol. The lowest BCUT2D eigenvalue weighted by molar-refractivity contribution is -0.136. The molecule has 2 aliphatic heterocycles. The van der Waals surface area contributed by atoms with E-state index in [1.54, 1.807) is 30.3 Å². The fourth-order valence-corrected chi connectivity index (χ4v) is 6.18. The number of imidazole rings is 1. The number of fused-ring (bicyclic) bond motifs is 2. The number of nitrogens with zero attached hydrogens (tertiary/aromatic N) is 4. The van der Waals surface area contributed by atoms with Crippen molar-refractivity contribution in [3.63, 3.8) is 0 Å². The number of aromatic nitrogens is 3. The number of ether oxygens (including phenoxy) is 2. The highest BCUT2D eigenvalue weighted by Gasteiger charge is 2.34. The van der Waals surface area contributed by atoms with Crippen molar-refractivity contribution in [2.24, 2.45) is 0 Å². The van der Waals surface area contributed by atoms with Gasteiger partial charge < -0.3 is 23.6 Å². The number of carboxylic acid groups (broad SMARTS) is 1. The zero-order valence-electron chi connectivity index (χ0n) is 24.3. The Morgan fingerprint density at radius 1 is 1.04 bits per heavy atom. The Kier molecular flexibility index (Phi) is 7.70. The second-order valence-electron chi connectivity index (χ2n) is 11.6. The molecule has 2 saturated heterocycles. The normalized spacial score (nSPS) is 18.0. The molecule has 234 valence electrons. The van der Waals surface area contributed by atoms with Gasteiger partial charge in [0.15, 0.2) is 0 Å². The molecule has 3 aromatic heterocycles. The Morgan fingerprint density at radius 3 is 2.58 bits per heavy atom. The third-order valence-electron chi connectivity index (χ3n) is 8.73. The number of carboxylic acids is 1. The maximum atomic E-state index is 13.4. The number of pyridine rings is 1. The van der Waals surface area contributed by atoms with Crippen LogP contribution in [0, 0.1) is 0 Å². The highest BCUT2D eigenvalue weighted by atomic mass is 19.4. The van der Waals surface area contributed by atoms with E-state index in [1.807, 2.05) is 12.1 Å². The molecule has 1 N–H and O–H groups in total. The molecule has 0 radical (unpaired) electrons. The van der Waals surface area contributed by atoms with E-state index in [4.69, 9.17) is 23.9 Å². The monoisotopic (exact) mass is 620 g/mol. The number of hydrogen-bond acceptors (Lipinski definition) is 7. The largest absolute Gasteiger partial charge is 0.478 e. The molecule has 5 heterocycles. The van der Waals surface area contributed by atoms with E-state index in [0.717, 1.165) is 67.6 Å². The Balaban J connectivity index is 1.00. The van der Waals surface area contributed by atoms with Crippen molar-refractivity contribution in [3.8, 4) is 5.88 Å². The first-order valence-corrected chi connectivity index (χ1v) is 15.0. The van der Waals surface area contributed by atoms with Gasteiger partial charge in [-0.1, -0.05) is 18.2 Å². The van der Waals surface area contributed by atoms with Crippen molar-refractivity contribution in [3.05, 3.63) is 89.1 Å². The summed E-state index contributed by atoms with van der Waals surface area (Å²) in [5, 5.41) is 9.87. The summed E-state index contributed by atoms with van der Waals surface area (Å²) in [6, 6.07) is 14.6. The second kappa shape index (κ2) is 11.8. The second-order valence-corrected chi connectivity index (χ2v) is 11.6. The molecule has 9 nitrogen and oxygen atoms in total. The maximum absolute atomic E-state index is 13.4. The van der Waals surface area contributed by atoms with Crippen molar-refractivity contribution in [2.45, 2.75) is 57.2 Å². The topological polar surface area (TPSA) is 103 Å². The molecular weight excluding hydrogens is 589 g/mol. The van der Waals surface area contributed by atoms with Crippen LogP contribution in [0.5, 0.6) is 5.88 Å². The third-order valence-corrected chi connectivity index (χ3v) is 8.73. The van der Waals surface area contributed by atoms with E-state index in [1.165, 1.54) is 12.3 Å². The first-order chi connectivity index (χ1) is 21.7. The lowest BCUT2D eigenvalue weighted by atomic mass is 9.93. The number of halogens is 3. The summed E-state index contributed by atoms with van der Waals surface area (Å²) < 4.78 is 59.0. The van der Waals surface area contributed by atoms with Gasteiger partial charge in [-0.15, -0.1) is 0 Å². The molecule has 2 aromatic carbocycles. The van der Waals surface area contributed by atoms with Gasteiger partial charge in [-0.2, -0.15) is 13.2 Å². The fraction of sp³-hybridized carbons (Fsp3) is 0.364. The molecule has 1 atom stereocenters. The van der Waals surface area contributed by atoms with Crippen LogP contribution in [0.3, 0.4) is 0 Å². The first kappa shape index (κ1) is 29.3. The lowest BCUT2D eigenvalue weighted by Crippen LogP contribution is -2.35. The molecule has 0 amide bonds. The molecule has 12 heteroatoms. The summed E-state index contributed by atoms with van der Waals surface area (Å²) in [5.41, 5.74) is 2.24. The Labute approximate surface area is 256 Å². The van der Waals surface area contributed by atoms with E-state index < -0.39 is 17.7 Å². The van der Waals surface area contributed by atoms with Gasteiger partial charge >= 0.3 is 12.1 Å². The van der Waals surface area contributed by atoms with E-state index >= 15 is 0 Å². The number of piperidine rings is 1. The summed E-state index contributed by atoms with van der Waals surface area (Å²) in [4.78, 5) is 23.5. The number of rotatable bonds is 9. The average molecular weight is 621 g/mol.